The molecule has 1 aromatic rings. The summed E-state index contributed by atoms with van der Waals surface area (Å²) < 4.78 is 0. The summed E-state index contributed by atoms with van der Waals surface area (Å²) in [4.78, 5) is 2.39. The van der Waals surface area contributed by atoms with Crippen LogP contribution in [0, 0.1) is 0 Å². The number of benzene rings is 1. The van der Waals surface area contributed by atoms with E-state index in [1.165, 1.54) is 18.4 Å². The first-order valence-electron chi connectivity index (χ1n) is 6.22. The Hall–Kier alpha value is -0.570. The Kier molecular flexibility index (Phi) is 6.56. The van der Waals surface area contributed by atoms with Gasteiger partial charge in [0.15, 0.2) is 0 Å². The molecule has 0 saturated heterocycles. The number of hydrogen-bond donors (Lipinski definition) is 1. The largest absolute Gasteiger partial charge is 0.320 e. The van der Waals surface area contributed by atoms with Crippen molar-refractivity contribution in [2.24, 2.45) is 0 Å². The molecular weight excluding hydrogens is 232 g/mol. The summed E-state index contributed by atoms with van der Waals surface area (Å²) in [6, 6.07) is 8.71. The van der Waals surface area contributed by atoms with Gasteiger partial charge in [-0.05, 0) is 58.1 Å². The SMILES string of the molecule is CNCCCC(C)N(C)Cc1ccc(Cl)cc1. The molecule has 0 fully saturated rings. The molecule has 96 valence electrons. The fourth-order valence-electron chi connectivity index (χ4n) is 1.83. The van der Waals surface area contributed by atoms with Crippen LogP contribution in [0.3, 0.4) is 0 Å². The molecule has 1 rings (SSSR count). The van der Waals surface area contributed by atoms with E-state index in [9.17, 15) is 0 Å². The molecule has 0 bridgehead atoms. The molecule has 1 unspecified atom stereocenters. The predicted octanol–water partition coefficient (Wildman–Crippen LogP) is 3.16. The number of nitrogens with one attached hydrogen (secondary N) is 1. The number of rotatable bonds is 7. The Morgan fingerprint density at radius 2 is 1.94 bits per heavy atom. The molecule has 0 aliphatic rings. The minimum Gasteiger partial charge on any atom is -0.320 e. The van der Waals surface area contributed by atoms with E-state index < -0.39 is 0 Å². The summed E-state index contributed by atoms with van der Waals surface area (Å²) in [6.07, 6.45) is 2.45. The zero-order valence-electron chi connectivity index (χ0n) is 11.0. The highest BCUT2D eigenvalue weighted by Crippen LogP contribution is 2.13. The Morgan fingerprint density at radius 1 is 1.29 bits per heavy atom. The fraction of sp³-hybridized carbons (Fsp3) is 0.571. The third kappa shape index (κ3) is 5.53. The molecule has 0 radical (unpaired) electrons. The van der Waals surface area contributed by atoms with Crippen LogP contribution >= 0.6 is 11.6 Å². The van der Waals surface area contributed by atoms with Gasteiger partial charge in [-0.1, -0.05) is 23.7 Å². The summed E-state index contributed by atoms with van der Waals surface area (Å²) in [5.74, 6) is 0. The molecule has 1 atom stereocenters. The van der Waals surface area contributed by atoms with E-state index in [0.29, 0.717) is 6.04 Å². The minimum atomic E-state index is 0.610. The minimum absolute atomic E-state index is 0.610. The van der Waals surface area contributed by atoms with Gasteiger partial charge in [-0.2, -0.15) is 0 Å². The van der Waals surface area contributed by atoms with Gasteiger partial charge in [0.25, 0.3) is 0 Å². The van der Waals surface area contributed by atoms with Crippen molar-refractivity contribution in [1.29, 1.82) is 0 Å². The molecule has 0 aliphatic heterocycles. The summed E-state index contributed by atoms with van der Waals surface area (Å²) in [7, 11) is 4.18. The first-order chi connectivity index (χ1) is 8.13. The van der Waals surface area contributed by atoms with E-state index in [0.717, 1.165) is 18.1 Å². The molecule has 0 aliphatic carbocycles. The molecule has 1 aromatic carbocycles. The smallest absolute Gasteiger partial charge is 0.0406 e. The summed E-state index contributed by atoms with van der Waals surface area (Å²) >= 11 is 5.87. The highest BCUT2D eigenvalue weighted by molar-refractivity contribution is 6.30. The topological polar surface area (TPSA) is 15.3 Å². The van der Waals surface area contributed by atoms with Crippen molar-refractivity contribution in [1.82, 2.24) is 10.2 Å². The lowest BCUT2D eigenvalue weighted by molar-refractivity contribution is 0.235. The van der Waals surface area contributed by atoms with Crippen LogP contribution in [0.2, 0.25) is 5.02 Å². The third-order valence-corrected chi connectivity index (χ3v) is 3.40. The first kappa shape index (κ1) is 14.5. The van der Waals surface area contributed by atoms with Crippen molar-refractivity contribution >= 4 is 11.6 Å². The Morgan fingerprint density at radius 3 is 2.53 bits per heavy atom. The average Bonchev–Trinajstić information content (AvgIpc) is 2.32. The molecule has 0 saturated carbocycles. The van der Waals surface area contributed by atoms with Gasteiger partial charge in [-0.25, -0.2) is 0 Å². The van der Waals surface area contributed by atoms with Crippen LogP contribution in [-0.2, 0) is 6.54 Å². The average molecular weight is 255 g/mol. The maximum atomic E-state index is 5.87. The Balaban J connectivity index is 2.37. The Labute approximate surface area is 110 Å². The number of halogens is 1. The first-order valence-corrected chi connectivity index (χ1v) is 6.60. The summed E-state index contributed by atoms with van der Waals surface area (Å²) in [6.45, 7) is 4.36. The molecule has 1 N–H and O–H groups in total. The maximum Gasteiger partial charge on any atom is 0.0406 e. The van der Waals surface area contributed by atoms with Crippen molar-refractivity contribution in [2.75, 3.05) is 20.6 Å². The second-order valence-electron chi connectivity index (χ2n) is 4.64. The summed E-state index contributed by atoms with van der Waals surface area (Å²) in [5, 5.41) is 3.99. The van der Waals surface area contributed by atoms with E-state index in [1.54, 1.807) is 0 Å². The maximum absolute atomic E-state index is 5.87. The lowest BCUT2D eigenvalue weighted by Gasteiger charge is -2.24. The standard InChI is InChI=1S/C14H23ClN2/c1-12(5-4-10-16-2)17(3)11-13-6-8-14(15)9-7-13/h6-9,12,16H,4-5,10-11H2,1-3H3. The van der Waals surface area contributed by atoms with Gasteiger partial charge in [0.05, 0.1) is 0 Å². The van der Waals surface area contributed by atoms with Crippen LogP contribution in [-0.4, -0.2) is 31.6 Å². The molecule has 0 spiro atoms. The Bertz CT molecular complexity index is 311. The van der Waals surface area contributed by atoms with Crippen molar-refractivity contribution in [2.45, 2.75) is 32.4 Å². The van der Waals surface area contributed by atoms with Gasteiger partial charge in [0.2, 0.25) is 0 Å². The van der Waals surface area contributed by atoms with Crippen molar-refractivity contribution in [3.05, 3.63) is 34.9 Å². The quantitative estimate of drug-likeness (QED) is 0.752. The van der Waals surface area contributed by atoms with E-state index in [1.807, 2.05) is 19.2 Å². The molecule has 3 heteroatoms. The van der Waals surface area contributed by atoms with Crippen LogP contribution in [0.4, 0.5) is 0 Å². The highest BCUT2D eigenvalue weighted by Gasteiger charge is 2.08. The van der Waals surface area contributed by atoms with E-state index in [4.69, 9.17) is 11.6 Å². The van der Waals surface area contributed by atoms with Gasteiger partial charge in [0, 0.05) is 17.6 Å². The highest BCUT2D eigenvalue weighted by atomic mass is 35.5. The van der Waals surface area contributed by atoms with Gasteiger partial charge in [0.1, 0.15) is 0 Å². The van der Waals surface area contributed by atoms with E-state index in [-0.39, 0.29) is 0 Å². The summed E-state index contributed by atoms with van der Waals surface area (Å²) in [5.41, 5.74) is 1.32. The second kappa shape index (κ2) is 7.70. The predicted molar refractivity (Wildman–Crippen MR) is 75.5 cm³/mol. The van der Waals surface area contributed by atoms with Gasteiger partial charge < -0.3 is 5.32 Å². The van der Waals surface area contributed by atoms with E-state index in [2.05, 4.69) is 36.3 Å². The number of nitrogens with zero attached hydrogens (tertiary/aromatic N) is 1. The van der Waals surface area contributed by atoms with Crippen LogP contribution in [0.5, 0.6) is 0 Å². The fourth-order valence-corrected chi connectivity index (χ4v) is 1.95. The normalized spacial score (nSPS) is 13.0. The zero-order valence-corrected chi connectivity index (χ0v) is 11.8. The lowest BCUT2D eigenvalue weighted by Crippen LogP contribution is -2.29. The molecule has 0 aromatic heterocycles. The van der Waals surface area contributed by atoms with Crippen molar-refractivity contribution < 1.29 is 0 Å². The van der Waals surface area contributed by atoms with Crippen LogP contribution in [0.1, 0.15) is 25.3 Å². The molecule has 0 heterocycles. The van der Waals surface area contributed by atoms with Crippen molar-refractivity contribution in [3.8, 4) is 0 Å². The molecule has 0 amide bonds. The molecular formula is C14H23ClN2. The van der Waals surface area contributed by atoms with Crippen LogP contribution < -0.4 is 5.32 Å². The van der Waals surface area contributed by atoms with Crippen LogP contribution in [0.15, 0.2) is 24.3 Å². The van der Waals surface area contributed by atoms with Gasteiger partial charge in [-0.3, -0.25) is 4.90 Å². The van der Waals surface area contributed by atoms with Crippen molar-refractivity contribution in [3.63, 3.8) is 0 Å². The van der Waals surface area contributed by atoms with Gasteiger partial charge >= 0.3 is 0 Å². The van der Waals surface area contributed by atoms with E-state index >= 15 is 0 Å². The zero-order chi connectivity index (χ0) is 12.7. The molecule has 17 heavy (non-hydrogen) atoms. The third-order valence-electron chi connectivity index (χ3n) is 3.15. The monoisotopic (exact) mass is 254 g/mol. The second-order valence-corrected chi connectivity index (χ2v) is 5.07. The lowest BCUT2D eigenvalue weighted by atomic mass is 10.1. The number of hydrogen-bond acceptors (Lipinski definition) is 2. The molecule has 2 nitrogen and oxygen atoms in total. The van der Waals surface area contributed by atoms with Gasteiger partial charge in [-0.15, -0.1) is 0 Å². The van der Waals surface area contributed by atoms with Crippen LogP contribution in [0.25, 0.3) is 0 Å².